The molecular weight excluding hydrogens is 394 g/mol. The molecule has 0 spiro atoms. The lowest BCUT2D eigenvalue weighted by molar-refractivity contribution is -0.121. The monoisotopic (exact) mass is 423 g/mol. The van der Waals surface area contributed by atoms with E-state index in [1.807, 2.05) is 68.7 Å². The molecule has 0 unspecified atom stereocenters. The molecule has 3 aromatic rings. The highest BCUT2D eigenvalue weighted by Gasteiger charge is 2.21. The molecule has 2 amide bonds. The van der Waals surface area contributed by atoms with Crippen LogP contribution in [0.25, 0.3) is 21.8 Å². The molecular formula is C24H29N3O4. The molecule has 164 valence electrons. The van der Waals surface area contributed by atoms with Gasteiger partial charge in [-0.1, -0.05) is 24.3 Å². The third kappa shape index (κ3) is 5.23. The second-order valence-electron chi connectivity index (χ2n) is 8.36. The van der Waals surface area contributed by atoms with E-state index in [0.29, 0.717) is 41.4 Å². The molecule has 0 bridgehead atoms. The number of benzene rings is 2. The molecule has 0 aliphatic rings. The molecule has 0 radical (unpaired) electrons. The molecule has 7 nitrogen and oxygen atoms in total. The SMILES string of the molecule is CCN(CCNC(=O)Cn1c2ccccc2c(=O)c2ccccc21)C(=O)OC(C)(C)C. The summed E-state index contributed by atoms with van der Waals surface area (Å²) in [5.74, 6) is -0.195. The molecule has 7 heteroatoms. The van der Waals surface area contributed by atoms with Crippen LogP contribution in [0.4, 0.5) is 4.79 Å². The summed E-state index contributed by atoms with van der Waals surface area (Å²) in [4.78, 5) is 39.3. The normalized spacial score (nSPS) is 11.5. The fraction of sp³-hybridized carbons (Fsp3) is 0.375. The summed E-state index contributed by atoms with van der Waals surface area (Å²) < 4.78 is 7.25. The Labute approximate surface area is 181 Å². The minimum absolute atomic E-state index is 0.0428. The quantitative estimate of drug-likeness (QED) is 0.615. The minimum Gasteiger partial charge on any atom is -0.444 e. The highest BCUT2D eigenvalue weighted by atomic mass is 16.6. The number of nitrogens with one attached hydrogen (secondary N) is 1. The van der Waals surface area contributed by atoms with Gasteiger partial charge in [-0.05, 0) is 52.0 Å². The summed E-state index contributed by atoms with van der Waals surface area (Å²) in [5.41, 5.74) is 0.814. The minimum atomic E-state index is -0.569. The van der Waals surface area contributed by atoms with Gasteiger partial charge in [0.2, 0.25) is 5.91 Å². The Hall–Kier alpha value is -3.35. The number of ether oxygens (including phenoxy) is 1. The van der Waals surface area contributed by atoms with Gasteiger partial charge in [-0.25, -0.2) is 4.79 Å². The number of nitrogens with zero attached hydrogens (tertiary/aromatic N) is 2. The van der Waals surface area contributed by atoms with Gasteiger partial charge >= 0.3 is 6.09 Å². The number of hydrogen-bond donors (Lipinski definition) is 1. The maximum atomic E-state index is 12.8. The lowest BCUT2D eigenvalue weighted by Gasteiger charge is -2.26. The molecule has 0 saturated carbocycles. The van der Waals surface area contributed by atoms with Crippen molar-refractivity contribution < 1.29 is 14.3 Å². The number of para-hydroxylation sites is 2. The predicted octanol–water partition coefficient (Wildman–Crippen LogP) is 3.53. The highest BCUT2D eigenvalue weighted by molar-refractivity contribution is 5.94. The number of hydrogen-bond acceptors (Lipinski definition) is 4. The Bertz CT molecular complexity index is 1100. The number of carbonyl (C=O) groups is 2. The summed E-state index contributed by atoms with van der Waals surface area (Å²) in [5, 5.41) is 4.03. The molecule has 0 fully saturated rings. The molecule has 1 N–H and O–H groups in total. The summed E-state index contributed by atoms with van der Waals surface area (Å²) in [6, 6.07) is 14.6. The summed E-state index contributed by atoms with van der Waals surface area (Å²) >= 11 is 0. The zero-order valence-corrected chi connectivity index (χ0v) is 18.5. The number of aromatic nitrogens is 1. The van der Waals surface area contributed by atoms with Crippen molar-refractivity contribution in [2.75, 3.05) is 19.6 Å². The van der Waals surface area contributed by atoms with Crippen LogP contribution >= 0.6 is 0 Å². The standard InChI is InChI=1S/C24H29N3O4/c1-5-26(23(30)31-24(2,3)4)15-14-25-21(28)16-27-19-12-8-6-10-17(19)22(29)18-11-7-9-13-20(18)27/h6-13H,5,14-16H2,1-4H3,(H,25,28). The Kier molecular flexibility index (Phi) is 6.63. The van der Waals surface area contributed by atoms with Gasteiger partial charge in [-0.15, -0.1) is 0 Å². The Morgan fingerprint density at radius 2 is 1.55 bits per heavy atom. The number of likely N-dealkylation sites (N-methyl/N-ethyl adjacent to an activating group) is 1. The summed E-state index contributed by atoms with van der Waals surface area (Å²) in [6.45, 7) is 8.54. The molecule has 0 aliphatic carbocycles. The van der Waals surface area contributed by atoms with Crippen molar-refractivity contribution in [1.29, 1.82) is 0 Å². The molecule has 0 saturated heterocycles. The topological polar surface area (TPSA) is 80.6 Å². The van der Waals surface area contributed by atoms with Crippen LogP contribution in [0.3, 0.4) is 0 Å². The first-order chi connectivity index (χ1) is 14.7. The van der Waals surface area contributed by atoms with Crippen LogP contribution in [0.2, 0.25) is 0 Å². The number of fused-ring (bicyclic) bond motifs is 2. The lowest BCUT2D eigenvalue weighted by Crippen LogP contribution is -2.41. The van der Waals surface area contributed by atoms with Crippen LogP contribution in [-0.4, -0.2) is 46.7 Å². The summed E-state index contributed by atoms with van der Waals surface area (Å²) in [7, 11) is 0. The molecule has 1 aromatic heterocycles. The van der Waals surface area contributed by atoms with Gasteiger partial charge in [0.15, 0.2) is 5.43 Å². The fourth-order valence-electron chi connectivity index (χ4n) is 3.48. The molecule has 2 aromatic carbocycles. The van der Waals surface area contributed by atoms with E-state index >= 15 is 0 Å². The predicted molar refractivity (Wildman–Crippen MR) is 122 cm³/mol. The maximum Gasteiger partial charge on any atom is 0.410 e. The van der Waals surface area contributed by atoms with Crippen LogP contribution in [0.1, 0.15) is 27.7 Å². The molecule has 31 heavy (non-hydrogen) atoms. The zero-order chi connectivity index (χ0) is 22.6. The summed E-state index contributed by atoms with van der Waals surface area (Å²) in [6.07, 6.45) is -0.401. The van der Waals surface area contributed by atoms with Crippen LogP contribution < -0.4 is 10.7 Å². The van der Waals surface area contributed by atoms with Crippen LogP contribution in [-0.2, 0) is 16.1 Å². The Balaban J connectivity index is 1.74. The number of rotatable bonds is 6. The van der Waals surface area contributed by atoms with Gasteiger partial charge in [0, 0.05) is 30.4 Å². The van der Waals surface area contributed by atoms with Crippen molar-refractivity contribution in [1.82, 2.24) is 14.8 Å². The van der Waals surface area contributed by atoms with Crippen molar-refractivity contribution in [3.63, 3.8) is 0 Å². The van der Waals surface area contributed by atoms with E-state index in [0.717, 1.165) is 0 Å². The van der Waals surface area contributed by atoms with Gasteiger partial charge in [0.25, 0.3) is 0 Å². The van der Waals surface area contributed by atoms with Crippen molar-refractivity contribution >= 4 is 33.8 Å². The van der Waals surface area contributed by atoms with Crippen molar-refractivity contribution in [3.05, 3.63) is 58.8 Å². The third-order valence-corrected chi connectivity index (χ3v) is 4.92. The Morgan fingerprint density at radius 3 is 2.06 bits per heavy atom. The largest absolute Gasteiger partial charge is 0.444 e. The van der Waals surface area contributed by atoms with Crippen molar-refractivity contribution in [2.24, 2.45) is 0 Å². The van der Waals surface area contributed by atoms with Crippen LogP contribution in [0.5, 0.6) is 0 Å². The van der Waals surface area contributed by atoms with Crippen LogP contribution in [0, 0.1) is 0 Å². The lowest BCUT2D eigenvalue weighted by atomic mass is 10.1. The molecule has 1 heterocycles. The van der Waals surface area contributed by atoms with E-state index in [-0.39, 0.29) is 17.9 Å². The van der Waals surface area contributed by atoms with Gasteiger partial charge in [0.05, 0.1) is 11.0 Å². The third-order valence-electron chi connectivity index (χ3n) is 4.92. The zero-order valence-electron chi connectivity index (χ0n) is 18.5. The number of carbonyl (C=O) groups excluding carboxylic acids is 2. The van der Waals surface area contributed by atoms with Crippen molar-refractivity contribution in [3.8, 4) is 0 Å². The smallest absolute Gasteiger partial charge is 0.410 e. The van der Waals surface area contributed by atoms with E-state index in [9.17, 15) is 14.4 Å². The van der Waals surface area contributed by atoms with E-state index < -0.39 is 11.7 Å². The van der Waals surface area contributed by atoms with Gasteiger partial charge in [-0.2, -0.15) is 0 Å². The van der Waals surface area contributed by atoms with E-state index in [2.05, 4.69) is 5.32 Å². The van der Waals surface area contributed by atoms with Crippen LogP contribution in [0.15, 0.2) is 53.3 Å². The first-order valence-electron chi connectivity index (χ1n) is 10.5. The average Bonchev–Trinajstić information content (AvgIpc) is 2.73. The molecule has 3 rings (SSSR count). The second-order valence-corrected chi connectivity index (χ2v) is 8.36. The first kappa shape index (κ1) is 22.3. The first-order valence-corrected chi connectivity index (χ1v) is 10.5. The fourth-order valence-corrected chi connectivity index (χ4v) is 3.48. The van der Waals surface area contributed by atoms with Crippen molar-refractivity contribution in [2.45, 2.75) is 39.8 Å². The van der Waals surface area contributed by atoms with Gasteiger partial charge in [0.1, 0.15) is 12.1 Å². The van der Waals surface area contributed by atoms with E-state index in [1.54, 1.807) is 17.0 Å². The number of amides is 2. The van der Waals surface area contributed by atoms with E-state index in [4.69, 9.17) is 4.74 Å². The number of pyridine rings is 1. The molecule has 0 aliphatic heterocycles. The Morgan fingerprint density at radius 1 is 1.00 bits per heavy atom. The molecule has 0 atom stereocenters. The maximum absolute atomic E-state index is 12.8. The second kappa shape index (κ2) is 9.20. The van der Waals surface area contributed by atoms with E-state index in [1.165, 1.54) is 0 Å². The van der Waals surface area contributed by atoms with Gasteiger partial charge < -0.3 is 19.5 Å². The highest BCUT2D eigenvalue weighted by Crippen LogP contribution is 2.19. The van der Waals surface area contributed by atoms with Gasteiger partial charge in [-0.3, -0.25) is 9.59 Å². The average molecular weight is 424 g/mol.